The van der Waals surface area contributed by atoms with Crippen molar-refractivity contribution in [1.82, 2.24) is 9.97 Å². The molecule has 0 spiro atoms. The molecule has 1 aromatic heterocycles. The maximum atomic E-state index is 12.8. The minimum absolute atomic E-state index is 0.134. The number of benzene rings is 1. The SMILES string of the molecule is COc1ncc(C2COc3cc(C(F)(F)F)ccc3N2C)nc1OC. The summed E-state index contributed by atoms with van der Waals surface area (Å²) >= 11 is 0. The van der Waals surface area contributed by atoms with E-state index < -0.39 is 11.7 Å². The number of fused-ring (bicyclic) bond motifs is 1. The van der Waals surface area contributed by atoms with Crippen molar-refractivity contribution in [2.24, 2.45) is 0 Å². The summed E-state index contributed by atoms with van der Waals surface area (Å²) in [6.07, 6.45) is -2.89. The van der Waals surface area contributed by atoms with Gasteiger partial charge in [0.05, 0.1) is 37.4 Å². The van der Waals surface area contributed by atoms with E-state index in [1.54, 1.807) is 11.9 Å². The smallest absolute Gasteiger partial charge is 0.416 e. The van der Waals surface area contributed by atoms with Crippen molar-refractivity contribution in [3.63, 3.8) is 0 Å². The van der Waals surface area contributed by atoms with E-state index in [-0.39, 0.29) is 30.2 Å². The first-order valence-electron chi connectivity index (χ1n) is 7.37. The van der Waals surface area contributed by atoms with E-state index in [2.05, 4.69) is 9.97 Å². The highest BCUT2D eigenvalue weighted by Crippen LogP contribution is 2.41. The van der Waals surface area contributed by atoms with Gasteiger partial charge in [-0.3, -0.25) is 0 Å². The summed E-state index contributed by atoms with van der Waals surface area (Å²) in [6.45, 7) is 0.134. The van der Waals surface area contributed by atoms with Gasteiger partial charge in [-0.15, -0.1) is 0 Å². The van der Waals surface area contributed by atoms with E-state index in [1.807, 2.05) is 0 Å². The molecule has 0 N–H and O–H groups in total. The molecule has 134 valence electrons. The first-order valence-corrected chi connectivity index (χ1v) is 7.37. The molecule has 0 saturated heterocycles. The second kappa shape index (κ2) is 6.30. The molecule has 0 radical (unpaired) electrons. The lowest BCUT2D eigenvalue weighted by molar-refractivity contribution is -0.137. The molecule has 6 nitrogen and oxygen atoms in total. The quantitative estimate of drug-likeness (QED) is 0.843. The van der Waals surface area contributed by atoms with Crippen LogP contribution < -0.4 is 19.1 Å². The molecular weight excluding hydrogens is 339 g/mol. The normalized spacial score (nSPS) is 16.9. The summed E-state index contributed by atoms with van der Waals surface area (Å²) in [5.74, 6) is 0.662. The highest BCUT2D eigenvalue weighted by atomic mass is 19.4. The molecule has 2 aromatic rings. The Bertz CT molecular complexity index is 783. The van der Waals surface area contributed by atoms with E-state index >= 15 is 0 Å². The average Bonchev–Trinajstić information content (AvgIpc) is 2.60. The molecular formula is C16H16F3N3O3. The lowest BCUT2D eigenvalue weighted by atomic mass is 10.1. The third-order valence-corrected chi connectivity index (χ3v) is 3.99. The Morgan fingerprint density at radius 3 is 2.56 bits per heavy atom. The van der Waals surface area contributed by atoms with Crippen LogP contribution in [0, 0.1) is 0 Å². The third-order valence-electron chi connectivity index (χ3n) is 3.99. The zero-order chi connectivity index (χ0) is 18.2. The fourth-order valence-electron chi connectivity index (χ4n) is 2.64. The fraction of sp³-hybridized carbons (Fsp3) is 0.375. The van der Waals surface area contributed by atoms with Crippen molar-refractivity contribution in [2.45, 2.75) is 12.2 Å². The summed E-state index contributed by atoms with van der Waals surface area (Å²) in [5, 5.41) is 0. The van der Waals surface area contributed by atoms with Gasteiger partial charge in [-0.2, -0.15) is 13.2 Å². The standard InChI is InChI=1S/C16H16F3N3O3/c1-22-11-5-4-9(16(17,18)19)6-13(11)25-8-12(22)10-7-20-14(23-2)15(21-10)24-3/h4-7,12H,8H2,1-3H3. The predicted octanol–water partition coefficient (Wildman–Crippen LogP) is 3.08. The van der Waals surface area contributed by atoms with Crippen LogP contribution in [0.15, 0.2) is 24.4 Å². The van der Waals surface area contributed by atoms with Gasteiger partial charge >= 0.3 is 6.18 Å². The van der Waals surface area contributed by atoms with Crippen molar-refractivity contribution in [3.05, 3.63) is 35.7 Å². The van der Waals surface area contributed by atoms with Gasteiger partial charge in [0, 0.05) is 7.05 Å². The summed E-state index contributed by atoms with van der Waals surface area (Å²) in [5.41, 5.74) is 0.357. The van der Waals surface area contributed by atoms with Crippen molar-refractivity contribution in [3.8, 4) is 17.5 Å². The first-order chi connectivity index (χ1) is 11.8. The second-order valence-electron chi connectivity index (χ2n) is 5.43. The number of nitrogens with zero attached hydrogens (tertiary/aromatic N) is 3. The molecule has 2 heterocycles. The number of rotatable bonds is 3. The van der Waals surface area contributed by atoms with Crippen LogP contribution in [0.1, 0.15) is 17.3 Å². The van der Waals surface area contributed by atoms with Crippen LogP contribution in [-0.4, -0.2) is 37.8 Å². The van der Waals surface area contributed by atoms with Crippen molar-refractivity contribution in [2.75, 3.05) is 32.8 Å². The number of hydrogen-bond acceptors (Lipinski definition) is 6. The van der Waals surface area contributed by atoms with Crippen LogP contribution in [0.4, 0.5) is 18.9 Å². The Kier molecular flexibility index (Phi) is 4.32. The molecule has 3 rings (SSSR count). The Balaban J connectivity index is 1.93. The summed E-state index contributed by atoms with van der Waals surface area (Å²) in [7, 11) is 4.67. The molecule has 0 fully saturated rings. The highest BCUT2D eigenvalue weighted by molar-refractivity contribution is 5.62. The number of hydrogen-bond donors (Lipinski definition) is 0. The number of halogens is 3. The van der Waals surface area contributed by atoms with E-state index in [9.17, 15) is 13.2 Å². The first kappa shape index (κ1) is 17.1. The molecule has 0 aliphatic carbocycles. The zero-order valence-electron chi connectivity index (χ0n) is 13.8. The average molecular weight is 355 g/mol. The maximum Gasteiger partial charge on any atom is 0.416 e. The lowest BCUT2D eigenvalue weighted by Gasteiger charge is -2.35. The van der Waals surface area contributed by atoms with Gasteiger partial charge < -0.3 is 19.1 Å². The van der Waals surface area contributed by atoms with Crippen LogP contribution in [0.3, 0.4) is 0 Å². The van der Waals surface area contributed by atoms with E-state index in [4.69, 9.17) is 14.2 Å². The van der Waals surface area contributed by atoms with Gasteiger partial charge in [-0.1, -0.05) is 0 Å². The second-order valence-corrected chi connectivity index (χ2v) is 5.43. The largest absolute Gasteiger partial charge is 0.489 e. The van der Waals surface area contributed by atoms with Crippen LogP contribution >= 0.6 is 0 Å². The summed E-state index contributed by atoms with van der Waals surface area (Å²) in [6, 6.07) is 3.10. The topological polar surface area (TPSA) is 56.7 Å². The van der Waals surface area contributed by atoms with E-state index in [0.29, 0.717) is 11.4 Å². The molecule has 25 heavy (non-hydrogen) atoms. The van der Waals surface area contributed by atoms with Crippen LogP contribution in [-0.2, 0) is 6.18 Å². The minimum Gasteiger partial charge on any atom is -0.489 e. The van der Waals surface area contributed by atoms with Crippen molar-refractivity contribution >= 4 is 5.69 Å². The Morgan fingerprint density at radius 1 is 1.20 bits per heavy atom. The number of methoxy groups -OCH3 is 2. The van der Waals surface area contributed by atoms with Gasteiger partial charge in [-0.05, 0) is 18.2 Å². The van der Waals surface area contributed by atoms with Crippen molar-refractivity contribution in [1.29, 1.82) is 0 Å². The third kappa shape index (κ3) is 3.13. The number of aromatic nitrogens is 2. The number of anilines is 1. The monoisotopic (exact) mass is 355 g/mol. The fourth-order valence-corrected chi connectivity index (χ4v) is 2.64. The molecule has 1 atom stereocenters. The molecule has 1 aromatic carbocycles. The van der Waals surface area contributed by atoms with E-state index in [0.717, 1.165) is 12.1 Å². The number of alkyl halides is 3. The van der Waals surface area contributed by atoms with Crippen LogP contribution in [0.2, 0.25) is 0 Å². The van der Waals surface area contributed by atoms with Crippen molar-refractivity contribution < 1.29 is 27.4 Å². The molecule has 9 heteroatoms. The predicted molar refractivity (Wildman–Crippen MR) is 83.2 cm³/mol. The summed E-state index contributed by atoms with van der Waals surface area (Å²) < 4.78 is 54.3. The highest BCUT2D eigenvalue weighted by Gasteiger charge is 2.34. The van der Waals surface area contributed by atoms with Crippen LogP contribution in [0.25, 0.3) is 0 Å². The van der Waals surface area contributed by atoms with Gasteiger partial charge in [-0.25, -0.2) is 9.97 Å². The Labute approximate surface area is 142 Å². The van der Waals surface area contributed by atoms with Crippen LogP contribution in [0.5, 0.6) is 17.5 Å². The Morgan fingerprint density at radius 2 is 1.92 bits per heavy atom. The van der Waals surface area contributed by atoms with Gasteiger partial charge in [0.25, 0.3) is 11.8 Å². The maximum absolute atomic E-state index is 12.8. The lowest BCUT2D eigenvalue weighted by Crippen LogP contribution is -2.34. The minimum atomic E-state index is -4.41. The molecule has 0 saturated carbocycles. The molecule has 1 aliphatic rings. The molecule has 1 aliphatic heterocycles. The molecule has 0 bridgehead atoms. The van der Waals surface area contributed by atoms with Gasteiger partial charge in [0.2, 0.25) is 0 Å². The van der Waals surface area contributed by atoms with Gasteiger partial charge in [0.15, 0.2) is 0 Å². The van der Waals surface area contributed by atoms with E-state index in [1.165, 1.54) is 26.5 Å². The summed E-state index contributed by atoms with van der Waals surface area (Å²) in [4.78, 5) is 10.3. The number of likely N-dealkylation sites (N-methyl/N-ethyl adjacent to an activating group) is 1. The zero-order valence-corrected chi connectivity index (χ0v) is 13.8. The van der Waals surface area contributed by atoms with Gasteiger partial charge in [0.1, 0.15) is 18.4 Å². The molecule has 1 unspecified atom stereocenters. The number of ether oxygens (including phenoxy) is 3. The molecule has 0 amide bonds. The Hall–Kier alpha value is -2.71.